The highest BCUT2D eigenvalue weighted by atomic mass is 16.5. The van der Waals surface area contributed by atoms with Crippen molar-refractivity contribution in [3.8, 4) is 5.75 Å². The lowest BCUT2D eigenvalue weighted by Gasteiger charge is -2.14. The molecule has 0 heterocycles. The van der Waals surface area contributed by atoms with E-state index in [1.54, 1.807) is 0 Å². The Balaban J connectivity index is 2.36. The molecule has 1 aromatic rings. The fourth-order valence-corrected chi connectivity index (χ4v) is 1.88. The van der Waals surface area contributed by atoms with E-state index in [-0.39, 0.29) is 5.91 Å². The van der Waals surface area contributed by atoms with Gasteiger partial charge in [0.25, 0.3) is 0 Å². The Morgan fingerprint density at radius 2 is 1.95 bits per heavy atom. The number of nitrogens with one attached hydrogen (secondary N) is 2. The minimum absolute atomic E-state index is 0.0292. The van der Waals surface area contributed by atoms with Crippen LogP contribution in [0.5, 0.6) is 5.75 Å². The van der Waals surface area contributed by atoms with Gasteiger partial charge in [0, 0.05) is 12.6 Å². The molecule has 4 nitrogen and oxygen atoms in total. The van der Waals surface area contributed by atoms with Crippen LogP contribution >= 0.6 is 0 Å². The minimum atomic E-state index is 0.0292. The van der Waals surface area contributed by atoms with Crippen molar-refractivity contribution >= 4 is 5.91 Å². The van der Waals surface area contributed by atoms with Gasteiger partial charge < -0.3 is 15.4 Å². The van der Waals surface area contributed by atoms with Gasteiger partial charge >= 0.3 is 0 Å². The fraction of sp³-hybridized carbons (Fsp3) is 0.562. The molecule has 1 atom stereocenters. The Labute approximate surface area is 121 Å². The predicted octanol–water partition coefficient (Wildman–Crippen LogP) is 2.65. The molecule has 0 bridgehead atoms. The van der Waals surface area contributed by atoms with Crippen molar-refractivity contribution in [2.45, 2.75) is 39.7 Å². The number of hydrogen-bond acceptors (Lipinski definition) is 3. The smallest absolute Gasteiger partial charge is 0.223 e. The number of benzene rings is 1. The molecule has 1 rings (SSSR count). The fourth-order valence-electron chi connectivity index (χ4n) is 1.88. The van der Waals surface area contributed by atoms with Crippen LogP contribution in [-0.4, -0.2) is 25.6 Å². The highest BCUT2D eigenvalue weighted by Gasteiger charge is 2.04. The summed E-state index contributed by atoms with van der Waals surface area (Å²) in [5.41, 5.74) is 1.24. The van der Waals surface area contributed by atoms with Gasteiger partial charge in [0.2, 0.25) is 5.91 Å². The maximum absolute atomic E-state index is 11.3. The van der Waals surface area contributed by atoms with Crippen LogP contribution in [0.25, 0.3) is 0 Å². The van der Waals surface area contributed by atoms with Gasteiger partial charge in [-0.2, -0.15) is 0 Å². The molecule has 0 saturated heterocycles. The number of amides is 1. The normalized spacial score (nSPS) is 11.9. The molecule has 0 fully saturated rings. The van der Waals surface area contributed by atoms with Crippen LogP contribution in [0.3, 0.4) is 0 Å². The van der Waals surface area contributed by atoms with Crippen molar-refractivity contribution < 1.29 is 9.53 Å². The van der Waals surface area contributed by atoms with Crippen molar-refractivity contribution in [2.75, 3.05) is 19.7 Å². The Hall–Kier alpha value is -1.55. The molecule has 1 amide bonds. The third kappa shape index (κ3) is 6.06. The molecular weight excluding hydrogens is 252 g/mol. The molecule has 0 saturated carbocycles. The molecule has 0 aliphatic carbocycles. The highest BCUT2D eigenvalue weighted by molar-refractivity contribution is 5.75. The van der Waals surface area contributed by atoms with Crippen LogP contribution in [0.15, 0.2) is 24.3 Å². The van der Waals surface area contributed by atoms with E-state index >= 15 is 0 Å². The summed E-state index contributed by atoms with van der Waals surface area (Å²) >= 11 is 0. The van der Waals surface area contributed by atoms with E-state index in [4.69, 9.17) is 4.74 Å². The van der Waals surface area contributed by atoms with Gasteiger partial charge in [-0.25, -0.2) is 0 Å². The first-order valence-electron chi connectivity index (χ1n) is 7.40. The van der Waals surface area contributed by atoms with Gasteiger partial charge in [0.05, 0.1) is 13.0 Å². The molecule has 0 radical (unpaired) electrons. The minimum Gasteiger partial charge on any atom is -0.493 e. The summed E-state index contributed by atoms with van der Waals surface area (Å²) in [6.07, 6.45) is 1.52. The number of ether oxygens (including phenoxy) is 1. The average molecular weight is 278 g/mol. The topological polar surface area (TPSA) is 50.4 Å². The maximum Gasteiger partial charge on any atom is 0.223 e. The van der Waals surface area contributed by atoms with Crippen LogP contribution in [-0.2, 0) is 4.79 Å². The largest absolute Gasteiger partial charge is 0.493 e. The molecule has 0 spiro atoms. The quantitative estimate of drug-likeness (QED) is 0.730. The van der Waals surface area contributed by atoms with E-state index in [0.29, 0.717) is 25.6 Å². The van der Waals surface area contributed by atoms with Crippen molar-refractivity contribution in [1.29, 1.82) is 0 Å². The van der Waals surface area contributed by atoms with Crippen LogP contribution in [0.1, 0.15) is 45.2 Å². The van der Waals surface area contributed by atoms with Gasteiger partial charge in [-0.1, -0.05) is 19.1 Å². The average Bonchev–Trinajstić information content (AvgIpc) is 2.46. The molecule has 20 heavy (non-hydrogen) atoms. The van der Waals surface area contributed by atoms with Crippen molar-refractivity contribution in [3.63, 3.8) is 0 Å². The molecule has 0 aromatic heterocycles. The summed E-state index contributed by atoms with van der Waals surface area (Å²) < 4.78 is 5.56. The molecule has 2 N–H and O–H groups in total. The number of carbonyl (C=O) groups excluding carboxylic acids is 1. The predicted molar refractivity (Wildman–Crippen MR) is 81.9 cm³/mol. The van der Waals surface area contributed by atoms with E-state index in [2.05, 4.69) is 36.6 Å². The zero-order valence-corrected chi connectivity index (χ0v) is 12.7. The van der Waals surface area contributed by atoms with E-state index in [0.717, 1.165) is 18.7 Å². The molecule has 1 unspecified atom stereocenters. The van der Waals surface area contributed by atoms with Crippen LogP contribution in [0.4, 0.5) is 0 Å². The van der Waals surface area contributed by atoms with E-state index in [1.165, 1.54) is 5.56 Å². The summed E-state index contributed by atoms with van der Waals surface area (Å²) in [5, 5.41) is 6.19. The Morgan fingerprint density at radius 1 is 1.25 bits per heavy atom. The maximum atomic E-state index is 11.3. The molecule has 0 aliphatic rings. The van der Waals surface area contributed by atoms with Crippen LogP contribution in [0, 0.1) is 0 Å². The third-order valence-electron chi connectivity index (χ3n) is 3.05. The molecule has 1 aromatic carbocycles. The van der Waals surface area contributed by atoms with E-state index < -0.39 is 0 Å². The van der Waals surface area contributed by atoms with Crippen LogP contribution < -0.4 is 15.4 Å². The zero-order valence-electron chi connectivity index (χ0n) is 12.7. The second kappa shape index (κ2) is 9.37. The van der Waals surface area contributed by atoms with Gasteiger partial charge in [0.15, 0.2) is 0 Å². The SMILES string of the molecule is CCCNC(C)c1ccc(OCCC(=O)NCC)cc1. The Morgan fingerprint density at radius 3 is 2.55 bits per heavy atom. The molecule has 0 aliphatic heterocycles. The lowest BCUT2D eigenvalue weighted by molar-refractivity contribution is -0.121. The Bertz CT molecular complexity index is 390. The van der Waals surface area contributed by atoms with Crippen molar-refractivity contribution in [1.82, 2.24) is 10.6 Å². The number of hydrogen-bond donors (Lipinski definition) is 2. The third-order valence-corrected chi connectivity index (χ3v) is 3.05. The van der Waals surface area contributed by atoms with Gasteiger partial charge in [-0.3, -0.25) is 4.79 Å². The highest BCUT2D eigenvalue weighted by Crippen LogP contribution is 2.17. The summed E-state index contributed by atoms with van der Waals surface area (Å²) in [4.78, 5) is 11.3. The van der Waals surface area contributed by atoms with Gasteiger partial charge in [-0.15, -0.1) is 0 Å². The summed E-state index contributed by atoms with van der Waals surface area (Å²) in [6.45, 7) is 8.31. The lowest BCUT2D eigenvalue weighted by atomic mass is 10.1. The van der Waals surface area contributed by atoms with Crippen LogP contribution in [0.2, 0.25) is 0 Å². The van der Waals surface area contributed by atoms with Gasteiger partial charge in [0.1, 0.15) is 5.75 Å². The van der Waals surface area contributed by atoms with Gasteiger partial charge in [-0.05, 0) is 44.5 Å². The summed E-state index contributed by atoms with van der Waals surface area (Å²) in [5.74, 6) is 0.835. The molecule has 4 heteroatoms. The zero-order chi connectivity index (χ0) is 14.8. The standard InChI is InChI=1S/C16H26N2O2/c1-4-11-18-13(3)14-6-8-15(9-7-14)20-12-10-16(19)17-5-2/h6-9,13,18H,4-5,10-12H2,1-3H3,(H,17,19). The Kier molecular flexibility index (Phi) is 7.73. The number of rotatable bonds is 9. The van der Waals surface area contributed by atoms with E-state index in [1.807, 2.05) is 19.1 Å². The van der Waals surface area contributed by atoms with Crippen molar-refractivity contribution in [3.05, 3.63) is 29.8 Å². The van der Waals surface area contributed by atoms with Crippen molar-refractivity contribution in [2.24, 2.45) is 0 Å². The monoisotopic (exact) mass is 278 g/mol. The second-order valence-corrected chi connectivity index (χ2v) is 4.80. The first-order valence-corrected chi connectivity index (χ1v) is 7.40. The summed E-state index contributed by atoms with van der Waals surface area (Å²) in [7, 11) is 0. The molecular formula is C16H26N2O2. The van der Waals surface area contributed by atoms with E-state index in [9.17, 15) is 4.79 Å². The first-order chi connectivity index (χ1) is 9.67. The molecule has 112 valence electrons. The first kappa shape index (κ1) is 16.5. The number of carbonyl (C=O) groups is 1. The second-order valence-electron chi connectivity index (χ2n) is 4.80. The lowest BCUT2D eigenvalue weighted by Crippen LogP contribution is -2.24. The summed E-state index contributed by atoms with van der Waals surface area (Å²) in [6, 6.07) is 8.39.